The van der Waals surface area contributed by atoms with E-state index >= 15 is 0 Å². The predicted molar refractivity (Wildman–Crippen MR) is 209 cm³/mol. The molecule has 234 valence electrons. The maximum Gasteiger partial charge on any atom is 0.0542 e. The van der Waals surface area contributed by atoms with E-state index in [0.29, 0.717) is 0 Å². The van der Waals surface area contributed by atoms with E-state index in [1.54, 1.807) is 0 Å². The molecular weight excluding hydrogens is 593 g/mol. The zero-order chi connectivity index (χ0) is 33.1. The van der Waals surface area contributed by atoms with Crippen molar-refractivity contribution in [3.05, 3.63) is 187 Å². The van der Waals surface area contributed by atoms with Crippen LogP contribution in [-0.2, 0) is 5.41 Å². The van der Waals surface area contributed by atoms with Crippen LogP contribution >= 0.6 is 0 Å². The van der Waals surface area contributed by atoms with Crippen LogP contribution < -0.4 is 4.90 Å². The molecule has 1 heterocycles. The van der Waals surface area contributed by atoms with Gasteiger partial charge in [-0.1, -0.05) is 130 Å². The van der Waals surface area contributed by atoms with Crippen LogP contribution in [0.25, 0.3) is 55.8 Å². The van der Waals surface area contributed by atoms with Crippen LogP contribution in [0.2, 0.25) is 0 Å². The molecule has 0 saturated heterocycles. The monoisotopic (exact) mass is 628 g/mol. The second-order valence-electron chi connectivity index (χ2n) is 13.5. The lowest BCUT2D eigenvalue weighted by Gasteiger charge is -2.26. The standard InChI is InChI=1S/C47H36N2/c1-4-32-19-26-39-40-27-24-38(31-44(40)47(2,3)43(39)29-32)49-45-18-12-11-17-41(45)42-30-37(25-28-46(42)49)48(35-15-9-6-10-16-35)36-22-20-34(21-23-36)33-13-7-5-8-14-33/h4-31H,1H2,2-3H3. The Bertz CT molecular complexity index is 2520. The first kappa shape index (κ1) is 29.1. The molecule has 1 aromatic heterocycles. The molecule has 7 aromatic carbocycles. The van der Waals surface area contributed by atoms with Gasteiger partial charge in [0.2, 0.25) is 0 Å². The van der Waals surface area contributed by atoms with Gasteiger partial charge >= 0.3 is 0 Å². The van der Waals surface area contributed by atoms with Gasteiger partial charge in [0, 0.05) is 38.9 Å². The van der Waals surface area contributed by atoms with E-state index < -0.39 is 0 Å². The van der Waals surface area contributed by atoms with Crippen LogP contribution in [0.1, 0.15) is 30.5 Å². The van der Waals surface area contributed by atoms with Crippen LogP contribution in [-0.4, -0.2) is 4.57 Å². The Labute approximate surface area is 287 Å². The quantitative estimate of drug-likeness (QED) is 0.178. The van der Waals surface area contributed by atoms with Gasteiger partial charge in [-0.05, 0) is 99.6 Å². The van der Waals surface area contributed by atoms with Crippen LogP contribution in [0, 0.1) is 0 Å². The number of para-hydroxylation sites is 2. The van der Waals surface area contributed by atoms with Gasteiger partial charge in [-0.3, -0.25) is 0 Å². The van der Waals surface area contributed by atoms with E-state index in [4.69, 9.17) is 0 Å². The third-order valence-electron chi connectivity index (χ3n) is 10.3. The molecule has 0 N–H and O–H groups in total. The molecule has 1 aliphatic carbocycles. The van der Waals surface area contributed by atoms with E-state index in [-0.39, 0.29) is 5.41 Å². The third-order valence-corrected chi connectivity index (χ3v) is 10.3. The van der Waals surface area contributed by atoms with Crippen LogP contribution in [0.4, 0.5) is 17.1 Å². The van der Waals surface area contributed by atoms with Gasteiger partial charge in [-0.2, -0.15) is 0 Å². The molecule has 49 heavy (non-hydrogen) atoms. The van der Waals surface area contributed by atoms with E-state index in [0.717, 1.165) is 22.6 Å². The maximum atomic E-state index is 4.02. The zero-order valence-electron chi connectivity index (χ0n) is 27.8. The van der Waals surface area contributed by atoms with Crippen molar-refractivity contribution >= 4 is 44.9 Å². The molecule has 0 aliphatic heterocycles. The van der Waals surface area contributed by atoms with Crippen molar-refractivity contribution in [1.29, 1.82) is 0 Å². The molecule has 0 radical (unpaired) electrons. The van der Waals surface area contributed by atoms with Gasteiger partial charge in [-0.25, -0.2) is 0 Å². The number of hydrogen-bond donors (Lipinski definition) is 0. The molecular formula is C47H36N2. The number of rotatable bonds is 6. The Hall–Kier alpha value is -6.12. The largest absolute Gasteiger partial charge is 0.310 e. The summed E-state index contributed by atoms with van der Waals surface area (Å²) in [5.41, 5.74) is 15.8. The summed E-state index contributed by atoms with van der Waals surface area (Å²) in [7, 11) is 0. The SMILES string of the molecule is C=Cc1ccc2c(c1)C(C)(C)c1cc(-n3c4ccccc4c4cc(N(c5ccccc5)c5ccc(-c6ccccc6)cc5)ccc43)ccc1-2. The Kier molecular flexibility index (Phi) is 6.67. The van der Waals surface area contributed by atoms with Crippen LogP contribution in [0.3, 0.4) is 0 Å². The molecule has 2 nitrogen and oxygen atoms in total. The molecule has 0 fully saturated rings. The van der Waals surface area contributed by atoms with Crippen molar-refractivity contribution in [2.45, 2.75) is 19.3 Å². The van der Waals surface area contributed by atoms with Crippen molar-refractivity contribution < 1.29 is 0 Å². The Morgan fingerprint density at radius 2 is 1.10 bits per heavy atom. The molecule has 0 saturated carbocycles. The first-order valence-corrected chi connectivity index (χ1v) is 17.0. The highest BCUT2D eigenvalue weighted by Crippen LogP contribution is 2.50. The molecule has 2 heteroatoms. The van der Waals surface area contributed by atoms with Crippen molar-refractivity contribution in [3.63, 3.8) is 0 Å². The first-order valence-electron chi connectivity index (χ1n) is 17.0. The topological polar surface area (TPSA) is 8.17 Å². The summed E-state index contributed by atoms with van der Waals surface area (Å²) >= 11 is 0. The summed E-state index contributed by atoms with van der Waals surface area (Å²) in [5, 5.41) is 2.47. The highest BCUT2D eigenvalue weighted by atomic mass is 15.1. The van der Waals surface area contributed by atoms with Gasteiger partial charge in [0.15, 0.2) is 0 Å². The number of fused-ring (bicyclic) bond motifs is 6. The van der Waals surface area contributed by atoms with Gasteiger partial charge in [0.05, 0.1) is 11.0 Å². The molecule has 8 aromatic rings. The highest BCUT2D eigenvalue weighted by molar-refractivity contribution is 6.10. The molecule has 9 rings (SSSR count). The van der Waals surface area contributed by atoms with Gasteiger partial charge < -0.3 is 9.47 Å². The summed E-state index contributed by atoms with van der Waals surface area (Å²) < 4.78 is 2.43. The molecule has 1 aliphatic rings. The normalized spacial score (nSPS) is 12.9. The smallest absolute Gasteiger partial charge is 0.0542 e. The van der Waals surface area contributed by atoms with Crippen molar-refractivity contribution in [1.82, 2.24) is 4.57 Å². The molecule has 0 spiro atoms. The summed E-state index contributed by atoms with van der Waals surface area (Å²) in [6, 6.07) is 59.6. The first-order chi connectivity index (χ1) is 24.0. The van der Waals surface area contributed by atoms with E-state index in [1.807, 2.05) is 6.08 Å². The molecule has 0 unspecified atom stereocenters. The molecule has 0 bridgehead atoms. The lowest BCUT2D eigenvalue weighted by molar-refractivity contribution is 0.659. The lowest BCUT2D eigenvalue weighted by Crippen LogP contribution is -2.15. The van der Waals surface area contributed by atoms with E-state index in [1.165, 1.54) is 60.9 Å². The highest BCUT2D eigenvalue weighted by Gasteiger charge is 2.36. The Morgan fingerprint density at radius 1 is 0.510 bits per heavy atom. The van der Waals surface area contributed by atoms with Crippen molar-refractivity contribution in [3.8, 4) is 27.9 Å². The number of nitrogens with zero attached hydrogens (tertiary/aromatic N) is 2. The summed E-state index contributed by atoms with van der Waals surface area (Å²) in [6.45, 7) is 8.71. The maximum absolute atomic E-state index is 4.02. The minimum atomic E-state index is -0.113. The number of benzene rings is 7. The fraction of sp³-hybridized carbons (Fsp3) is 0.0638. The Morgan fingerprint density at radius 3 is 1.86 bits per heavy atom. The summed E-state index contributed by atoms with van der Waals surface area (Å²) in [4.78, 5) is 2.35. The van der Waals surface area contributed by atoms with Crippen molar-refractivity contribution in [2.75, 3.05) is 4.90 Å². The second kappa shape index (κ2) is 11.2. The fourth-order valence-corrected chi connectivity index (χ4v) is 7.85. The summed E-state index contributed by atoms with van der Waals surface area (Å²) in [6.07, 6.45) is 1.94. The van der Waals surface area contributed by atoms with Gasteiger partial charge in [0.1, 0.15) is 0 Å². The minimum Gasteiger partial charge on any atom is -0.310 e. The second-order valence-corrected chi connectivity index (χ2v) is 13.5. The zero-order valence-corrected chi connectivity index (χ0v) is 27.8. The van der Waals surface area contributed by atoms with Gasteiger partial charge in [0.25, 0.3) is 0 Å². The number of anilines is 3. The lowest BCUT2D eigenvalue weighted by atomic mass is 9.82. The number of hydrogen-bond acceptors (Lipinski definition) is 1. The van der Waals surface area contributed by atoms with Crippen molar-refractivity contribution in [2.24, 2.45) is 0 Å². The minimum absolute atomic E-state index is 0.113. The average molecular weight is 629 g/mol. The van der Waals surface area contributed by atoms with Gasteiger partial charge in [-0.15, -0.1) is 0 Å². The Balaban J connectivity index is 1.19. The fourth-order valence-electron chi connectivity index (χ4n) is 7.85. The van der Waals surface area contributed by atoms with Crippen LogP contribution in [0.5, 0.6) is 0 Å². The molecule has 0 atom stereocenters. The average Bonchev–Trinajstić information content (AvgIpc) is 3.60. The van der Waals surface area contributed by atoms with E-state index in [2.05, 4.69) is 194 Å². The third kappa shape index (κ3) is 4.63. The summed E-state index contributed by atoms with van der Waals surface area (Å²) in [5.74, 6) is 0. The van der Waals surface area contributed by atoms with E-state index in [9.17, 15) is 0 Å². The number of aromatic nitrogens is 1. The molecule has 0 amide bonds. The predicted octanol–water partition coefficient (Wildman–Crippen LogP) is 12.9. The van der Waals surface area contributed by atoms with Crippen LogP contribution in [0.15, 0.2) is 170 Å².